The lowest BCUT2D eigenvalue weighted by Gasteiger charge is -2.23. The summed E-state index contributed by atoms with van der Waals surface area (Å²) >= 11 is 0. The second kappa shape index (κ2) is 7.85. The number of nitrogens with one attached hydrogen (secondary N) is 2. The number of benzene rings is 3. The second-order valence-corrected chi connectivity index (χ2v) is 7.63. The van der Waals surface area contributed by atoms with Gasteiger partial charge in [-0.2, -0.15) is 5.10 Å². The predicted octanol–water partition coefficient (Wildman–Crippen LogP) is 4.56. The highest BCUT2D eigenvalue weighted by Gasteiger charge is 2.36. The summed E-state index contributed by atoms with van der Waals surface area (Å²) in [5.74, 6) is 0.532. The van der Waals surface area contributed by atoms with Crippen LogP contribution in [0.15, 0.2) is 60.7 Å². The third kappa shape index (κ3) is 3.19. The Morgan fingerprint density at radius 2 is 1.78 bits per heavy atom. The van der Waals surface area contributed by atoms with E-state index in [0.29, 0.717) is 34.1 Å². The normalized spacial score (nSPS) is 15.2. The molecule has 0 saturated heterocycles. The van der Waals surface area contributed by atoms with Crippen molar-refractivity contribution in [1.29, 1.82) is 0 Å². The molecule has 2 heterocycles. The minimum Gasteiger partial charge on any atom is -0.493 e. The molecule has 1 unspecified atom stereocenters. The number of hydrogen-bond donors (Lipinski definition) is 2. The Morgan fingerprint density at radius 3 is 2.59 bits per heavy atom. The van der Waals surface area contributed by atoms with Gasteiger partial charge in [-0.05, 0) is 29.0 Å². The van der Waals surface area contributed by atoms with Crippen LogP contribution >= 0.6 is 0 Å². The number of nitrogens with zero attached hydrogens (tertiary/aromatic N) is 1. The van der Waals surface area contributed by atoms with E-state index in [1.807, 2.05) is 54.6 Å². The highest BCUT2D eigenvalue weighted by molar-refractivity contribution is 6.14. The Balaban J connectivity index is 1.64. The van der Waals surface area contributed by atoms with Crippen molar-refractivity contribution >= 4 is 28.3 Å². The van der Waals surface area contributed by atoms with Crippen LogP contribution in [-0.2, 0) is 4.79 Å². The summed E-state index contributed by atoms with van der Waals surface area (Å²) < 4.78 is 10.8. The van der Waals surface area contributed by atoms with E-state index in [1.165, 1.54) is 0 Å². The van der Waals surface area contributed by atoms with Gasteiger partial charge < -0.3 is 14.8 Å². The summed E-state index contributed by atoms with van der Waals surface area (Å²) in [4.78, 5) is 26.2. The van der Waals surface area contributed by atoms with Crippen LogP contribution in [0.4, 0.5) is 5.82 Å². The van der Waals surface area contributed by atoms with Gasteiger partial charge in [0.1, 0.15) is 0 Å². The van der Waals surface area contributed by atoms with Crippen LogP contribution in [0, 0.1) is 0 Å². The molecule has 3 aromatic carbocycles. The van der Waals surface area contributed by atoms with Crippen LogP contribution in [0.3, 0.4) is 0 Å². The van der Waals surface area contributed by atoms with E-state index in [4.69, 9.17) is 9.47 Å². The van der Waals surface area contributed by atoms with Gasteiger partial charge >= 0.3 is 0 Å². The molecular weight excluding hydrogens is 406 g/mol. The number of aromatic nitrogens is 2. The zero-order valence-electron chi connectivity index (χ0n) is 17.6. The van der Waals surface area contributed by atoms with Crippen molar-refractivity contribution in [2.45, 2.75) is 12.3 Å². The monoisotopic (exact) mass is 427 g/mol. The highest BCUT2D eigenvalue weighted by atomic mass is 16.5. The predicted molar refractivity (Wildman–Crippen MR) is 121 cm³/mol. The van der Waals surface area contributed by atoms with Gasteiger partial charge in [0, 0.05) is 23.1 Å². The molecular formula is C25H21N3O4. The van der Waals surface area contributed by atoms with E-state index in [-0.39, 0.29) is 18.1 Å². The molecule has 0 bridgehead atoms. The van der Waals surface area contributed by atoms with Gasteiger partial charge in [0.25, 0.3) is 0 Å². The van der Waals surface area contributed by atoms with Crippen LogP contribution in [-0.4, -0.2) is 36.1 Å². The first-order valence-corrected chi connectivity index (χ1v) is 10.2. The molecule has 1 aliphatic rings. The SMILES string of the molecule is COc1ccc(-c2[nH]nc3c2C(C(=O)c2cccc4ccccc24)CC(=O)N3)cc1OC. The number of ketones is 1. The van der Waals surface area contributed by atoms with E-state index in [9.17, 15) is 9.59 Å². The fourth-order valence-corrected chi connectivity index (χ4v) is 4.32. The third-order valence-corrected chi connectivity index (χ3v) is 5.84. The summed E-state index contributed by atoms with van der Waals surface area (Å²) in [6, 6.07) is 18.9. The van der Waals surface area contributed by atoms with Crippen molar-refractivity contribution in [2.75, 3.05) is 19.5 Å². The van der Waals surface area contributed by atoms with Crippen LogP contribution in [0.25, 0.3) is 22.0 Å². The van der Waals surface area contributed by atoms with Crippen LogP contribution in [0.5, 0.6) is 11.5 Å². The first-order chi connectivity index (χ1) is 15.6. The Morgan fingerprint density at radius 1 is 1.00 bits per heavy atom. The maximum Gasteiger partial charge on any atom is 0.226 e. The molecule has 32 heavy (non-hydrogen) atoms. The van der Waals surface area contributed by atoms with Gasteiger partial charge in [0.05, 0.1) is 25.8 Å². The fourth-order valence-electron chi connectivity index (χ4n) is 4.32. The number of anilines is 1. The van der Waals surface area contributed by atoms with Crippen molar-refractivity contribution in [3.63, 3.8) is 0 Å². The van der Waals surface area contributed by atoms with Crippen LogP contribution in [0.2, 0.25) is 0 Å². The van der Waals surface area contributed by atoms with Gasteiger partial charge in [-0.3, -0.25) is 14.7 Å². The Labute approximate surface area is 184 Å². The molecule has 1 atom stereocenters. The molecule has 2 N–H and O–H groups in total. The highest BCUT2D eigenvalue weighted by Crippen LogP contribution is 2.42. The number of carbonyl (C=O) groups excluding carboxylic acids is 2. The number of hydrogen-bond acceptors (Lipinski definition) is 5. The zero-order chi connectivity index (χ0) is 22.2. The van der Waals surface area contributed by atoms with Crippen molar-refractivity contribution < 1.29 is 19.1 Å². The maximum atomic E-state index is 13.8. The first kappa shape index (κ1) is 19.8. The molecule has 1 aliphatic heterocycles. The Hall–Kier alpha value is -4.13. The van der Waals surface area contributed by atoms with Gasteiger partial charge in [0.15, 0.2) is 23.1 Å². The molecule has 4 aromatic rings. The van der Waals surface area contributed by atoms with Gasteiger partial charge in [-0.25, -0.2) is 0 Å². The molecule has 0 spiro atoms. The van der Waals surface area contributed by atoms with Crippen molar-refractivity contribution in [2.24, 2.45) is 0 Å². The van der Waals surface area contributed by atoms with E-state index in [2.05, 4.69) is 15.5 Å². The van der Waals surface area contributed by atoms with Gasteiger partial charge in [-0.15, -0.1) is 0 Å². The minimum atomic E-state index is -0.661. The smallest absolute Gasteiger partial charge is 0.226 e. The largest absolute Gasteiger partial charge is 0.493 e. The van der Waals surface area contributed by atoms with Crippen molar-refractivity contribution in [1.82, 2.24) is 10.2 Å². The molecule has 0 aliphatic carbocycles. The fraction of sp³-hybridized carbons (Fsp3) is 0.160. The zero-order valence-corrected chi connectivity index (χ0v) is 17.6. The quantitative estimate of drug-likeness (QED) is 0.456. The maximum absolute atomic E-state index is 13.8. The molecule has 0 saturated carbocycles. The summed E-state index contributed by atoms with van der Waals surface area (Å²) in [6.07, 6.45) is 0.0505. The summed E-state index contributed by atoms with van der Waals surface area (Å²) in [7, 11) is 3.14. The first-order valence-electron chi connectivity index (χ1n) is 10.2. The lowest BCUT2D eigenvalue weighted by atomic mass is 9.83. The minimum absolute atomic E-state index is 0.0505. The van der Waals surface area contributed by atoms with E-state index < -0.39 is 5.92 Å². The number of methoxy groups -OCH3 is 2. The molecule has 160 valence electrons. The molecule has 1 amide bonds. The third-order valence-electron chi connectivity index (χ3n) is 5.84. The summed E-state index contributed by atoms with van der Waals surface area (Å²) in [5.41, 5.74) is 2.71. The van der Waals surface area contributed by atoms with Gasteiger partial charge in [0.2, 0.25) is 5.91 Å². The Bertz CT molecular complexity index is 1350. The number of ether oxygens (including phenoxy) is 2. The number of aromatic amines is 1. The topological polar surface area (TPSA) is 93.3 Å². The van der Waals surface area contributed by atoms with Crippen LogP contribution < -0.4 is 14.8 Å². The molecule has 0 fully saturated rings. The van der Waals surface area contributed by atoms with Gasteiger partial charge in [-0.1, -0.05) is 42.5 Å². The number of amides is 1. The van der Waals surface area contributed by atoms with Crippen molar-refractivity contribution in [3.05, 3.63) is 71.8 Å². The molecule has 5 rings (SSSR count). The van der Waals surface area contributed by atoms with E-state index >= 15 is 0 Å². The number of carbonyl (C=O) groups is 2. The molecule has 0 radical (unpaired) electrons. The summed E-state index contributed by atoms with van der Waals surface area (Å²) in [6.45, 7) is 0. The standard InChI is InChI=1S/C25H21N3O4/c1-31-19-11-10-15(12-20(19)32-2)23-22-18(13-21(29)26-25(22)28-27-23)24(30)17-9-5-7-14-6-3-4-8-16(14)17/h3-12,18H,13H2,1-2H3,(H2,26,27,28,29). The average Bonchev–Trinajstić information content (AvgIpc) is 3.26. The van der Waals surface area contributed by atoms with Crippen molar-refractivity contribution in [3.8, 4) is 22.8 Å². The van der Waals surface area contributed by atoms with E-state index in [1.54, 1.807) is 20.3 Å². The number of rotatable bonds is 5. The lowest BCUT2D eigenvalue weighted by molar-refractivity contribution is -0.116. The lowest BCUT2D eigenvalue weighted by Crippen LogP contribution is -2.27. The number of Topliss-reactive ketones (excluding diaryl/α,β-unsaturated/α-hetero) is 1. The molecule has 1 aromatic heterocycles. The number of H-pyrrole nitrogens is 1. The number of fused-ring (bicyclic) bond motifs is 2. The molecule has 7 nitrogen and oxygen atoms in total. The average molecular weight is 427 g/mol. The Kier molecular flexibility index (Phi) is 4.86. The van der Waals surface area contributed by atoms with E-state index in [0.717, 1.165) is 16.3 Å². The molecule has 7 heteroatoms. The summed E-state index contributed by atoms with van der Waals surface area (Å²) in [5, 5.41) is 11.9. The second-order valence-electron chi connectivity index (χ2n) is 7.63. The van der Waals surface area contributed by atoms with Crippen LogP contribution in [0.1, 0.15) is 28.3 Å².